The van der Waals surface area contributed by atoms with Gasteiger partial charge in [-0.05, 0) is 31.7 Å². The Morgan fingerprint density at radius 3 is 2.68 bits per heavy atom. The van der Waals surface area contributed by atoms with Gasteiger partial charge in [0.1, 0.15) is 11.5 Å². The second-order valence-corrected chi connectivity index (χ2v) is 4.37. The topological polar surface area (TPSA) is 70.0 Å². The van der Waals surface area contributed by atoms with Crippen LogP contribution in [0.5, 0.6) is 11.5 Å². The van der Waals surface area contributed by atoms with Crippen LogP contribution in [0.2, 0.25) is 0 Å². The molecule has 0 heterocycles. The van der Waals surface area contributed by atoms with Gasteiger partial charge in [-0.3, -0.25) is 9.69 Å². The zero-order valence-corrected chi connectivity index (χ0v) is 11.6. The van der Waals surface area contributed by atoms with Crippen molar-refractivity contribution in [2.24, 2.45) is 0 Å². The summed E-state index contributed by atoms with van der Waals surface area (Å²) in [6.45, 7) is 5.07. The van der Waals surface area contributed by atoms with Crippen LogP contribution in [-0.4, -0.2) is 41.3 Å². The van der Waals surface area contributed by atoms with E-state index in [1.807, 2.05) is 18.7 Å². The number of phenolic OH excluding ortho intramolecular Hbond substituents is 1. The Hall–Kier alpha value is -1.75. The van der Waals surface area contributed by atoms with Crippen molar-refractivity contribution in [1.82, 2.24) is 4.90 Å². The average molecular weight is 267 g/mol. The van der Waals surface area contributed by atoms with Crippen molar-refractivity contribution in [3.8, 4) is 11.5 Å². The highest BCUT2D eigenvalue weighted by atomic mass is 16.5. The standard InChI is InChI=1S/C14H21NO4/c1-4-15(8-7-14(17)18)10(2)12-9-11(19-3)5-6-13(12)16/h5-6,9-10,16H,4,7-8H2,1-3H3,(H,17,18). The second kappa shape index (κ2) is 6.99. The van der Waals surface area contributed by atoms with Crippen molar-refractivity contribution >= 4 is 5.97 Å². The number of carbonyl (C=O) groups is 1. The quantitative estimate of drug-likeness (QED) is 0.793. The zero-order valence-electron chi connectivity index (χ0n) is 11.6. The van der Waals surface area contributed by atoms with E-state index in [-0.39, 0.29) is 18.2 Å². The summed E-state index contributed by atoms with van der Waals surface area (Å²) < 4.78 is 5.15. The van der Waals surface area contributed by atoms with Gasteiger partial charge in [0, 0.05) is 18.2 Å². The molecule has 2 N–H and O–H groups in total. The van der Waals surface area contributed by atoms with Gasteiger partial charge in [0.2, 0.25) is 0 Å². The predicted octanol–water partition coefficient (Wildman–Crippen LogP) is 2.26. The van der Waals surface area contributed by atoms with Crippen LogP contribution in [0.25, 0.3) is 0 Å². The summed E-state index contributed by atoms with van der Waals surface area (Å²) in [4.78, 5) is 12.7. The molecule has 1 atom stereocenters. The van der Waals surface area contributed by atoms with Crippen molar-refractivity contribution in [1.29, 1.82) is 0 Å². The first-order valence-corrected chi connectivity index (χ1v) is 6.32. The number of hydrogen-bond donors (Lipinski definition) is 2. The number of benzene rings is 1. The summed E-state index contributed by atoms with van der Waals surface area (Å²) in [5.74, 6) is 0.0523. The number of rotatable bonds is 7. The minimum atomic E-state index is -0.819. The Labute approximate surface area is 113 Å². The highest BCUT2D eigenvalue weighted by Crippen LogP contribution is 2.31. The van der Waals surface area contributed by atoms with E-state index in [1.165, 1.54) is 0 Å². The lowest BCUT2D eigenvalue weighted by Crippen LogP contribution is -2.29. The normalized spacial score (nSPS) is 12.4. The van der Waals surface area contributed by atoms with Crippen LogP contribution in [0.15, 0.2) is 18.2 Å². The maximum absolute atomic E-state index is 10.7. The van der Waals surface area contributed by atoms with Crippen molar-refractivity contribution in [3.05, 3.63) is 23.8 Å². The molecular formula is C14H21NO4. The summed E-state index contributed by atoms with van der Waals surface area (Å²) in [5, 5.41) is 18.7. The Bertz CT molecular complexity index is 433. The van der Waals surface area contributed by atoms with Gasteiger partial charge in [0.05, 0.1) is 13.5 Å². The minimum Gasteiger partial charge on any atom is -0.508 e. The molecule has 0 amide bonds. The first kappa shape index (κ1) is 15.3. The summed E-state index contributed by atoms with van der Waals surface area (Å²) in [6, 6.07) is 5.00. The van der Waals surface area contributed by atoms with Crippen LogP contribution in [0, 0.1) is 0 Å². The minimum absolute atomic E-state index is 0.0700. The van der Waals surface area contributed by atoms with Crippen LogP contribution in [0.4, 0.5) is 0 Å². The smallest absolute Gasteiger partial charge is 0.304 e. The van der Waals surface area contributed by atoms with E-state index >= 15 is 0 Å². The molecule has 0 aliphatic heterocycles. The molecule has 5 nitrogen and oxygen atoms in total. The molecule has 1 aromatic rings. The molecule has 0 radical (unpaired) electrons. The van der Waals surface area contributed by atoms with E-state index in [1.54, 1.807) is 25.3 Å². The number of methoxy groups -OCH3 is 1. The number of carboxylic acids is 1. The van der Waals surface area contributed by atoms with Crippen molar-refractivity contribution in [3.63, 3.8) is 0 Å². The van der Waals surface area contributed by atoms with E-state index in [4.69, 9.17) is 9.84 Å². The third kappa shape index (κ3) is 4.13. The Morgan fingerprint density at radius 1 is 1.47 bits per heavy atom. The molecule has 106 valence electrons. The van der Waals surface area contributed by atoms with E-state index in [0.717, 1.165) is 5.56 Å². The third-order valence-corrected chi connectivity index (χ3v) is 3.25. The van der Waals surface area contributed by atoms with E-state index in [0.29, 0.717) is 18.8 Å². The molecular weight excluding hydrogens is 246 g/mol. The highest BCUT2D eigenvalue weighted by Gasteiger charge is 2.18. The fraction of sp³-hybridized carbons (Fsp3) is 0.500. The Kier molecular flexibility index (Phi) is 5.63. The summed E-state index contributed by atoms with van der Waals surface area (Å²) >= 11 is 0. The molecule has 0 bridgehead atoms. The maximum atomic E-state index is 10.7. The van der Waals surface area contributed by atoms with Gasteiger partial charge in [-0.1, -0.05) is 6.92 Å². The summed E-state index contributed by atoms with van der Waals surface area (Å²) in [5.41, 5.74) is 0.742. The number of hydrogen-bond acceptors (Lipinski definition) is 4. The first-order chi connectivity index (χ1) is 8.99. The lowest BCUT2D eigenvalue weighted by molar-refractivity contribution is -0.137. The van der Waals surface area contributed by atoms with Gasteiger partial charge in [0.15, 0.2) is 0 Å². The number of carboxylic acid groups (broad SMARTS) is 1. The highest BCUT2D eigenvalue weighted by molar-refractivity contribution is 5.66. The largest absolute Gasteiger partial charge is 0.508 e. The molecule has 1 aromatic carbocycles. The second-order valence-electron chi connectivity index (χ2n) is 4.37. The molecule has 0 aliphatic rings. The number of phenols is 1. The van der Waals surface area contributed by atoms with Crippen LogP contribution < -0.4 is 4.74 Å². The van der Waals surface area contributed by atoms with Gasteiger partial charge in [-0.15, -0.1) is 0 Å². The van der Waals surface area contributed by atoms with Crippen molar-refractivity contribution in [2.75, 3.05) is 20.2 Å². The number of ether oxygens (including phenoxy) is 1. The predicted molar refractivity (Wildman–Crippen MR) is 72.6 cm³/mol. The van der Waals surface area contributed by atoms with Gasteiger partial charge in [-0.25, -0.2) is 0 Å². The number of aliphatic carboxylic acids is 1. The molecule has 0 aromatic heterocycles. The maximum Gasteiger partial charge on any atom is 0.304 e. The van der Waals surface area contributed by atoms with E-state index in [2.05, 4.69) is 0 Å². The monoisotopic (exact) mass is 267 g/mol. The molecule has 0 spiro atoms. The molecule has 5 heteroatoms. The van der Waals surface area contributed by atoms with Crippen LogP contribution in [0.3, 0.4) is 0 Å². The van der Waals surface area contributed by atoms with Crippen molar-refractivity contribution < 1.29 is 19.7 Å². The fourth-order valence-corrected chi connectivity index (χ4v) is 2.06. The SMILES string of the molecule is CCN(CCC(=O)O)C(C)c1cc(OC)ccc1O. The summed E-state index contributed by atoms with van der Waals surface area (Å²) in [7, 11) is 1.57. The van der Waals surface area contributed by atoms with Crippen molar-refractivity contribution in [2.45, 2.75) is 26.3 Å². The summed E-state index contributed by atoms with van der Waals surface area (Å²) in [6.07, 6.45) is 0.0862. The average Bonchev–Trinajstić information content (AvgIpc) is 2.39. The number of aromatic hydroxyl groups is 1. The molecule has 0 aliphatic carbocycles. The van der Waals surface area contributed by atoms with Gasteiger partial charge in [0.25, 0.3) is 0 Å². The fourth-order valence-electron chi connectivity index (χ4n) is 2.06. The Morgan fingerprint density at radius 2 is 2.16 bits per heavy atom. The molecule has 0 fully saturated rings. The van der Waals surface area contributed by atoms with Crippen LogP contribution in [0.1, 0.15) is 31.9 Å². The van der Waals surface area contributed by atoms with Gasteiger partial charge in [-0.2, -0.15) is 0 Å². The lowest BCUT2D eigenvalue weighted by Gasteiger charge is -2.28. The van der Waals surface area contributed by atoms with E-state index < -0.39 is 5.97 Å². The van der Waals surface area contributed by atoms with Gasteiger partial charge >= 0.3 is 5.97 Å². The molecule has 1 rings (SSSR count). The van der Waals surface area contributed by atoms with E-state index in [9.17, 15) is 9.90 Å². The lowest BCUT2D eigenvalue weighted by atomic mass is 10.0. The molecule has 1 unspecified atom stereocenters. The zero-order chi connectivity index (χ0) is 14.4. The van der Waals surface area contributed by atoms with Crippen LogP contribution in [-0.2, 0) is 4.79 Å². The molecule has 19 heavy (non-hydrogen) atoms. The molecule has 0 saturated heterocycles. The van der Waals surface area contributed by atoms with Gasteiger partial charge < -0.3 is 14.9 Å². The number of nitrogens with zero attached hydrogens (tertiary/aromatic N) is 1. The van der Waals surface area contributed by atoms with Crippen LogP contribution >= 0.6 is 0 Å². The first-order valence-electron chi connectivity index (χ1n) is 6.32. The third-order valence-electron chi connectivity index (χ3n) is 3.25. The molecule has 0 saturated carbocycles. The Balaban J connectivity index is 2.89.